The molecule has 4 nitrogen and oxygen atoms in total. The number of nitrogens with two attached hydrogens (primary N) is 1. The molecule has 0 aliphatic rings. The summed E-state index contributed by atoms with van der Waals surface area (Å²) in [6.45, 7) is 0. The van der Waals surface area contributed by atoms with Gasteiger partial charge in [-0.2, -0.15) is 0 Å². The number of carbonyl (C=O) groups excluding carboxylic acids is 1. The molecule has 3 N–H and O–H groups in total. The van der Waals surface area contributed by atoms with Gasteiger partial charge in [0.05, 0.1) is 11.4 Å². The summed E-state index contributed by atoms with van der Waals surface area (Å²) in [5.74, 6) is 0.307. The van der Waals surface area contributed by atoms with Crippen LogP contribution in [0.2, 0.25) is 0 Å². The molecule has 0 unspecified atom stereocenters. The van der Waals surface area contributed by atoms with Gasteiger partial charge >= 0.3 is 6.03 Å². The minimum Gasteiger partial charge on any atom is -0.508 e. The zero-order chi connectivity index (χ0) is 21.3. The molecule has 0 heterocycles. The molecular weight excluding hydrogens is 440 g/mol. The number of urea groups is 1. The van der Waals surface area contributed by atoms with Crippen LogP contribution in [0.1, 0.15) is 0 Å². The first kappa shape index (κ1) is 21.1. The number of amides is 2. The lowest BCUT2D eigenvalue weighted by Gasteiger charge is -2.21. The van der Waals surface area contributed by atoms with E-state index < -0.39 is 6.03 Å². The molecule has 150 valence electrons. The maximum atomic E-state index is 11.6. The summed E-state index contributed by atoms with van der Waals surface area (Å²) < 4.78 is 0.822. The number of phenols is 1. The van der Waals surface area contributed by atoms with E-state index in [2.05, 4.69) is 15.9 Å². The van der Waals surface area contributed by atoms with Crippen molar-refractivity contribution in [2.45, 2.75) is 0 Å². The predicted octanol–water partition coefficient (Wildman–Crippen LogP) is 6.73. The van der Waals surface area contributed by atoms with Crippen LogP contribution in [0.25, 0.3) is 11.1 Å². The van der Waals surface area contributed by atoms with E-state index in [4.69, 9.17) is 5.73 Å². The van der Waals surface area contributed by atoms with Crippen molar-refractivity contribution in [3.63, 3.8) is 0 Å². The molecule has 0 aromatic heterocycles. The Morgan fingerprint density at radius 2 is 1.30 bits per heavy atom. The van der Waals surface area contributed by atoms with E-state index in [1.54, 1.807) is 12.1 Å². The number of hydrogen-bond donors (Lipinski definition) is 2. The number of primary amides is 1. The van der Waals surface area contributed by atoms with Gasteiger partial charge in [0.1, 0.15) is 5.75 Å². The Kier molecular flexibility index (Phi) is 7.24. The van der Waals surface area contributed by atoms with Gasteiger partial charge in [-0.1, -0.05) is 72.8 Å². The zero-order valence-corrected chi connectivity index (χ0v) is 17.7. The van der Waals surface area contributed by atoms with E-state index in [1.165, 1.54) is 4.90 Å². The van der Waals surface area contributed by atoms with Crippen molar-refractivity contribution >= 4 is 33.3 Å². The second-order valence-electron chi connectivity index (χ2n) is 6.38. The maximum Gasteiger partial charge on any atom is 0.323 e. The van der Waals surface area contributed by atoms with Crippen molar-refractivity contribution in [1.82, 2.24) is 0 Å². The molecule has 0 atom stereocenters. The maximum absolute atomic E-state index is 11.6. The third-order valence-corrected chi connectivity index (χ3v) is 4.95. The topological polar surface area (TPSA) is 66.6 Å². The first-order chi connectivity index (χ1) is 14.6. The highest BCUT2D eigenvalue weighted by Gasteiger charge is 2.16. The number of rotatable bonds is 3. The molecule has 2 amide bonds. The van der Waals surface area contributed by atoms with Gasteiger partial charge in [-0.3, -0.25) is 4.90 Å². The van der Waals surface area contributed by atoms with Gasteiger partial charge in [0.15, 0.2) is 0 Å². The second kappa shape index (κ2) is 10.3. The summed E-state index contributed by atoms with van der Waals surface area (Å²) in [5, 5.41) is 9.27. The summed E-state index contributed by atoms with van der Waals surface area (Å²) in [7, 11) is 0. The summed E-state index contributed by atoms with van der Waals surface area (Å²) in [4.78, 5) is 13.0. The number of phenolic OH excluding ortho intramolecular Hbond substituents is 1. The quantitative estimate of drug-likeness (QED) is 0.356. The van der Waals surface area contributed by atoms with Crippen LogP contribution in [-0.4, -0.2) is 11.1 Å². The van der Waals surface area contributed by atoms with Crippen LogP contribution in [0, 0.1) is 0 Å². The Balaban J connectivity index is 0.000000177. The van der Waals surface area contributed by atoms with Crippen molar-refractivity contribution in [3.8, 4) is 16.9 Å². The van der Waals surface area contributed by atoms with Gasteiger partial charge in [-0.25, -0.2) is 4.79 Å². The lowest BCUT2D eigenvalue weighted by Crippen LogP contribution is -2.31. The standard InChI is InChI=1S/C13H11BrN2O.C12H10O/c14-11-8-4-5-9-12(11)16(13(15)17)10-6-2-1-3-7-10;13-12-8-4-7-11(9-12)10-5-2-1-3-6-10/h1-9H,(H2,15,17);1-9,13H. The van der Waals surface area contributed by atoms with Crippen LogP contribution in [0.4, 0.5) is 16.2 Å². The molecule has 0 saturated heterocycles. The smallest absolute Gasteiger partial charge is 0.323 e. The van der Waals surface area contributed by atoms with Gasteiger partial charge in [-0.05, 0) is 63.5 Å². The van der Waals surface area contributed by atoms with Crippen molar-refractivity contribution in [1.29, 1.82) is 0 Å². The number of nitrogens with zero attached hydrogens (tertiary/aromatic N) is 1. The Bertz CT molecular complexity index is 1100. The minimum absolute atomic E-state index is 0.307. The van der Waals surface area contributed by atoms with Crippen LogP contribution >= 0.6 is 15.9 Å². The molecule has 0 radical (unpaired) electrons. The fourth-order valence-electron chi connectivity index (χ4n) is 2.91. The molecular formula is C25H21BrN2O2. The molecule has 0 bridgehead atoms. The summed E-state index contributed by atoms with van der Waals surface area (Å²) >= 11 is 3.41. The average molecular weight is 461 g/mol. The monoisotopic (exact) mass is 460 g/mol. The Labute approximate surface area is 184 Å². The molecule has 0 aliphatic carbocycles. The van der Waals surface area contributed by atoms with Crippen LogP contribution in [0.3, 0.4) is 0 Å². The Hall–Kier alpha value is -3.57. The number of hydrogen-bond acceptors (Lipinski definition) is 2. The van der Waals surface area contributed by atoms with Crippen LogP contribution in [0.15, 0.2) is 114 Å². The molecule has 5 heteroatoms. The van der Waals surface area contributed by atoms with Gasteiger partial charge in [0.25, 0.3) is 0 Å². The normalized spacial score (nSPS) is 9.90. The molecule has 4 rings (SSSR count). The largest absolute Gasteiger partial charge is 0.508 e. The van der Waals surface area contributed by atoms with Crippen LogP contribution in [0.5, 0.6) is 5.75 Å². The first-order valence-electron chi connectivity index (χ1n) is 9.30. The highest BCUT2D eigenvalue weighted by atomic mass is 79.9. The third kappa shape index (κ3) is 5.49. The first-order valence-corrected chi connectivity index (χ1v) is 10.1. The van der Waals surface area contributed by atoms with E-state index in [0.29, 0.717) is 5.75 Å². The van der Waals surface area contributed by atoms with Gasteiger partial charge in [-0.15, -0.1) is 0 Å². The molecule has 0 fully saturated rings. The number of anilines is 2. The zero-order valence-electron chi connectivity index (χ0n) is 16.2. The number of aromatic hydroxyl groups is 1. The Morgan fingerprint density at radius 3 is 1.90 bits per heavy atom. The fraction of sp³-hybridized carbons (Fsp3) is 0. The highest BCUT2D eigenvalue weighted by Crippen LogP contribution is 2.31. The number of benzene rings is 4. The molecule has 30 heavy (non-hydrogen) atoms. The van der Waals surface area contributed by atoms with Crippen LogP contribution in [-0.2, 0) is 0 Å². The Morgan fingerprint density at radius 1 is 0.733 bits per heavy atom. The van der Waals surface area contributed by atoms with Crippen molar-refractivity contribution < 1.29 is 9.90 Å². The van der Waals surface area contributed by atoms with Gasteiger partial charge in [0.2, 0.25) is 0 Å². The lowest BCUT2D eigenvalue weighted by atomic mass is 10.1. The number of carbonyl (C=O) groups is 1. The van der Waals surface area contributed by atoms with Crippen molar-refractivity contribution in [2.24, 2.45) is 5.73 Å². The molecule has 4 aromatic rings. The number of para-hydroxylation sites is 2. The van der Waals surface area contributed by atoms with E-state index in [-0.39, 0.29) is 0 Å². The van der Waals surface area contributed by atoms with E-state index in [9.17, 15) is 9.90 Å². The predicted molar refractivity (Wildman–Crippen MR) is 126 cm³/mol. The van der Waals surface area contributed by atoms with Crippen molar-refractivity contribution in [2.75, 3.05) is 4.90 Å². The van der Waals surface area contributed by atoms with Gasteiger partial charge < -0.3 is 10.8 Å². The summed E-state index contributed by atoms with van der Waals surface area (Å²) in [6, 6.07) is 33.5. The minimum atomic E-state index is -0.511. The summed E-state index contributed by atoms with van der Waals surface area (Å²) in [6.07, 6.45) is 0. The SMILES string of the molecule is NC(=O)N(c1ccccc1)c1ccccc1Br.Oc1cccc(-c2ccccc2)c1. The summed E-state index contributed by atoms with van der Waals surface area (Å²) in [5.41, 5.74) is 9.07. The molecule has 4 aromatic carbocycles. The van der Waals surface area contributed by atoms with Crippen molar-refractivity contribution in [3.05, 3.63) is 114 Å². The average Bonchev–Trinajstić information content (AvgIpc) is 2.77. The molecule has 0 saturated carbocycles. The molecule has 0 spiro atoms. The van der Waals surface area contributed by atoms with Gasteiger partial charge in [0, 0.05) is 4.47 Å². The highest BCUT2D eigenvalue weighted by molar-refractivity contribution is 9.10. The van der Waals surface area contributed by atoms with E-state index >= 15 is 0 Å². The van der Waals surface area contributed by atoms with E-state index in [1.807, 2.05) is 97.1 Å². The van der Waals surface area contributed by atoms with E-state index in [0.717, 1.165) is 27.0 Å². The fourth-order valence-corrected chi connectivity index (χ4v) is 3.37. The number of halogens is 1. The second-order valence-corrected chi connectivity index (χ2v) is 7.23. The molecule has 0 aliphatic heterocycles. The lowest BCUT2D eigenvalue weighted by molar-refractivity contribution is 0.256. The third-order valence-electron chi connectivity index (χ3n) is 4.28. The van der Waals surface area contributed by atoms with Crippen LogP contribution < -0.4 is 10.6 Å².